The molecule has 0 saturated heterocycles. The van der Waals surface area contributed by atoms with E-state index in [4.69, 9.17) is 0 Å². The Balaban J connectivity index is 2.12. The second kappa shape index (κ2) is 11.1. The molecule has 6 aromatic carbocycles. The maximum absolute atomic E-state index is 3.53. The first-order valence-electron chi connectivity index (χ1n) is 15.1. The zero-order chi connectivity index (χ0) is 29.0. The van der Waals surface area contributed by atoms with Crippen molar-refractivity contribution in [3.8, 4) is 0 Å². The molecule has 42 heavy (non-hydrogen) atoms. The van der Waals surface area contributed by atoms with Gasteiger partial charge in [0.15, 0.2) is 0 Å². The molecule has 0 aliphatic carbocycles. The van der Waals surface area contributed by atoms with Gasteiger partial charge < -0.3 is 0 Å². The van der Waals surface area contributed by atoms with E-state index in [0.717, 1.165) is 12.3 Å². The average molecular weight is 583 g/mol. The van der Waals surface area contributed by atoms with Gasteiger partial charge in [-0.3, -0.25) is 0 Å². The predicted octanol–water partition coefficient (Wildman–Crippen LogP) is 8.00. The molecule has 6 rings (SSSR count). The molecule has 0 bridgehead atoms. The van der Waals surface area contributed by atoms with Crippen molar-refractivity contribution in [1.82, 2.24) is 0 Å². The second-order valence-corrected chi connectivity index (χ2v) is 25.8. The van der Waals surface area contributed by atoms with Crippen LogP contribution in [-0.2, 0) is 0 Å². The molecule has 0 spiro atoms. The summed E-state index contributed by atoms with van der Waals surface area (Å²) in [4.78, 5) is 0. The van der Waals surface area contributed by atoms with Crippen molar-refractivity contribution in [1.29, 1.82) is 0 Å². The third kappa shape index (κ3) is 3.32. The molecule has 0 saturated carbocycles. The van der Waals surface area contributed by atoms with Crippen LogP contribution in [0.5, 0.6) is 0 Å². The summed E-state index contributed by atoms with van der Waals surface area (Å²) in [6, 6.07) is 69.6. The summed E-state index contributed by atoms with van der Waals surface area (Å²) in [6.07, 6.45) is -5.07. The van der Waals surface area contributed by atoms with Gasteiger partial charge >= 0.3 is 253 Å². The van der Waals surface area contributed by atoms with Gasteiger partial charge in [0.2, 0.25) is 0 Å². The Hall–Kier alpha value is -3.82. The summed E-state index contributed by atoms with van der Waals surface area (Å²) in [7, 11) is 0. The Labute approximate surface area is 251 Å². The topological polar surface area (TPSA) is 0 Å². The number of benzene rings is 6. The minimum atomic E-state index is -3.53. The van der Waals surface area contributed by atoms with Crippen LogP contribution in [0.1, 0.15) is 13.8 Å². The molecule has 6 aromatic rings. The average Bonchev–Trinajstić information content (AvgIpc) is 3.10. The Morgan fingerprint density at radius 3 is 0.524 bits per heavy atom. The fourth-order valence-electron chi connectivity index (χ4n) is 8.64. The van der Waals surface area contributed by atoms with Crippen LogP contribution in [0.2, 0.25) is 0 Å². The molecule has 0 aromatic heterocycles. The Morgan fingerprint density at radius 1 is 0.262 bits per heavy atom. The molecule has 2 heteroatoms. The Morgan fingerprint density at radius 2 is 0.405 bits per heavy atom. The Bertz CT molecular complexity index is 1400. The molecule has 0 unspecified atom stereocenters. The van der Waals surface area contributed by atoms with Gasteiger partial charge in [0.25, 0.3) is 0 Å². The van der Waals surface area contributed by atoms with E-state index < -0.39 is 12.6 Å². The van der Waals surface area contributed by atoms with Crippen LogP contribution in [0, 0.1) is 0 Å². The van der Waals surface area contributed by atoms with E-state index >= 15 is 0 Å². The van der Waals surface area contributed by atoms with Crippen molar-refractivity contribution in [2.24, 2.45) is 0 Å². The molecule has 210 valence electrons. The van der Waals surface area contributed by atoms with Crippen molar-refractivity contribution in [2.45, 2.75) is 13.8 Å². The standard InChI is InChI=1S/C40H40P2/c1-3-41(35-23-11-5-12-24-35,36-25-13-6-14-26-36,37-27-15-7-16-28-37)42(4-2,38-29-17-8-18-30-38,39-31-19-9-20-32-39)40-33-21-10-22-34-40/h5-34H,3-4H2,1-2H3. The van der Waals surface area contributed by atoms with E-state index in [-0.39, 0.29) is 0 Å². The first-order chi connectivity index (χ1) is 20.7. The van der Waals surface area contributed by atoms with E-state index in [2.05, 4.69) is 196 Å². The zero-order valence-electron chi connectivity index (χ0n) is 24.6. The van der Waals surface area contributed by atoms with Gasteiger partial charge in [-0.2, -0.15) is 0 Å². The number of hydrogen-bond acceptors (Lipinski definition) is 0. The normalized spacial score (nSPS) is 13.8. The first-order valence-corrected chi connectivity index (χ1v) is 20.6. The van der Waals surface area contributed by atoms with Crippen LogP contribution < -0.4 is 31.8 Å². The summed E-state index contributed by atoms with van der Waals surface area (Å²) in [5.41, 5.74) is 0. The second-order valence-electron chi connectivity index (χ2n) is 11.1. The third-order valence-corrected chi connectivity index (χ3v) is 34.7. The van der Waals surface area contributed by atoms with Crippen molar-refractivity contribution in [2.75, 3.05) is 12.3 Å². The molecular weight excluding hydrogens is 542 g/mol. The van der Waals surface area contributed by atoms with Crippen LogP contribution >= 0.6 is 12.6 Å². The minimum absolute atomic E-state index is 0.994. The van der Waals surface area contributed by atoms with E-state index in [1.54, 1.807) is 0 Å². The molecule has 0 aliphatic rings. The summed E-state index contributed by atoms with van der Waals surface area (Å²) in [5, 5.41) is 8.75. The molecule has 0 fully saturated rings. The van der Waals surface area contributed by atoms with Crippen LogP contribution in [0.4, 0.5) is 0 Å². The maximum atomic E-state index is 2.48. The Kier molecular flexibility index (Phi) is 7.49. The number of rotatable bonds is 9. The summed E-state index contributed by atoms with van der Waals surface area (Å²) in [5.74, 6) is 0. The molecule has 0 N–H and O–H groups in total. The van der Waals surface area contributed by atoms with Crippen molar-refractivity contribution in [3.05, 3.63) is 182 Å². The fraction of sp³-hybridized carbons (Fsp3) is 0.100. The van der Waals surface area contributed by atoms with E-state index in [1.807, 2.05) is 0 Å². The summed E-state index contributed by atoms with van der Waals surface area (Å²) >= 11 is 0. The van der Waals surface area contributed by atoms with E-state index in [9.17, 15) is 0 Å². The van der Waals surface area contributed by atoms with Gasteiger partial charge in [0.05, 0.1) is 0 Å². The van der Waals surface area contributed by atoms with Gasteiger partial charge in [-0.15, -0.1) is 0 Å². The van der Waals surface area contributed by atoms with Crippen molar-refractivity contribution in [3.63, 3.8) is 0 Å². The third-order valence-electron chi connectivity index (χ3n) is 10.1. The van der Waals surface area contributed by atoms with E-state index in [1.165, 1.54) is 31.8 Å². The molecule has 0 atom stereocenters. The SMILES string of the molecule is CCP(c1ccccc1)(c1ccccc1)(c1ccccc1)P(CC)(c1ccccc1)(c1ccccc1)c1ccccc1. The van der Waals surface area contributed by atoms with Gasteiger partial charge in [-0.25, -0.2) is 0 Å². The first kappa shape index (κ1) is 28.3. The predicted molar refractivity (Wildman–Crippen MR) is 191 cm³/mol. The van der Waals surface area contributed by atoms with Gasteiger partial charge in [0, 0.05) is 0 Å². The molecule has 0 nitrogen and oxygen atoms in total. The molecule has 0 amide bonds. The van der Waals surface area contributed by atoms with Gasteiger partial charge in [-0.05, 0) is 0 Å². The molecule has 0 aliphatic heterocycles. The zero-order valence-corrected chi connectivity index (χ0v) is 26.4. The van der Waals surface area contributed by atoms with Crippen LogP contribution in [-0.4, -0.2) is 12.3 Å². The van der Waals surface area contributed by atoms with E-state index in [0.29, 0.717) is 0 Å². The van der Waals surface area contributed by atoms with Gasteiger partial charge in [-0.1, -0.05) is 0 Å². The van der Waals surface area contributed by atoms with Gasteiger partial charge in [0.1, 0.15) is 0 Å². The van der Waals surface area contributed by atoms with Crippen molar-refractivity contribution >= 4 is 44.4 Å². The van der Waals surface area contributed by atoms with Crippen molar-refractivity contribution < 1.29 is 0 Å². The van der Waals surface area contributed by atoms with Crippen LogP contribution in [0.3, 0.4) is 0 Å². The summed E-state index contributed by atoms with van der Waals surface area (Å²) in [6.45, 7) is 4.97. The van der Waals surface area contributed by atoms with Crippen LogP contribution in [0.25, 0.3) is 0 Å². The summed E-state index contributed by atoms with van der Waals surface area (Å²) < 4.78 is 0. The molecule has 0 heterocycles. The molecular formula is C40H40P2. The monoisotopic (exact) mass is 582 g/mol. The fourth-order valence-corrected chi connectivity index (χ4v) is 37.1. The van der Waals surface area contributed by atoms with Crippen LogP contribution in [0.15, 0.2) is 182 Å². The molecule has 0 radical (unpaired) electrons. The number of hydrogen-bond donors (Lipinski definition) is 0. The quantitative estimate of drug-likeness (QED) is 0.152.